The minimum atomic E-state index is 0.611. The number of hydrogen-bond acceptors (Lipinski definition) is 3. The first-order chi connectivity index (χ1) is 9.75. The van der Waals surface area contributed by atoms with Crippen LogP contribution < -0.4 is 5.32 Å². The van der Waals surface area contributed by atoms with Crippen LogP contribution in [0, 0.1) is 5.92 Å². The van der Waals surface area contributed by atoms with Crippen molar-refractivity contribution in [2.75, 3.05) is 13.1 Å². The highest BCUT2D eigenvalue weighted by atomic mass is 16.4. The fraction of sp³-hybridized carbons (Fsp3) is 0.824. The van der Waals surface area contributed by atoms with Gasteiger partial charge in [0.05, 0.1) is 6.20 Å². The topological polar surface area (TPSA) is 38.1 Å². The lowest BCUT2D eigenvalue weighted by Gasteiger charge is -2.16. The zero-order chi connectivity index (χ0) is 14.2. The summed E-state index contributed by atoms with van der Waals surface area (Å²) in [7, 11) is 0. The Morgan fingerprint density at radius 3 is 2.60 bits per heavy atom. The number of rotatable bonds is 6. The molecule has 1 aliphatic rings. The molecule has 2 rings (SSSR count). The Labute approximate surface area is 123 Å². The molecular formula is C17H30N2O. The molecule has 1 saturated carbocycles. The number of hydrogen-bond donors (Lipinski definition) is 1. The molecule has 0 amide bonds. The van der Waals surface area contributed by atoms with Crippen molar-refractivity contribution >= 4 is 0 Å². The average Bonchev–Trinajstić information content (AvgIpc) is 2.83. The first-order valence-electron chi connectivity index (χ1n) is 8.41. The van der Waals surface area contributed by atoms with E-state index in [0.717, 1.165) is 31.2 Å². The molecule has 0 bridgehead atoms. The molecule has 0 saturated heterocycles. The van der Waals surface area contributed by atoms with Crippen LogP contribution in [0.4, 0.5) is 0 Å². The van der Waals surface area contributed by atoms with Gasteiger partial charge in [-0.05, 0) is 25.3 Å². The molecule has 1 N–H and O–H groups in total. The van der Waals surface area contributed by atoms with Gasteiger partial charge in [0, 0.05) is 18.9 Å². The van der Waals surface area contributed by atoms with E-state index in [4.69, 9.17) is 4.42 Å². The Morgan fingerprint density at radius 2 is 1.90 bits per heavy atom. The van der Waals surface area contributed by atoms with Crippen LogP contribution in [0.1, 0.15) is 76.4 Å². The third-order valence-corrected chi connectivity index (χ3v) is 4.15. The van der Waals surface area contributed by atoms with E-state index >= 15 is 0 Å². The van der Waals surface area contributed by atoms with E-state index in [1.807, 2.05) is 6.20 Å². The summed E-state index contributed by atoms with van der Waals surface area (Å²) in [5.74, 6) is 3.34. The summed E-state index contributed by atoms with van der Waals surface area (Å²) in [6, 6.07) is 0. The fourth-order valence-corrected chi connectivity index (χ4v) is 2.96. The minimum absolute atomic E-state index is 0.611. The Kier molecular flexibility index (Phi) is 6.58. The SMILES string of the molecule is CC(C)CNCCc1ncc(C2CCCCCCC2)o1. The second-order valence-corrected chi connectivity index (χ2v) is 6.55. The highest BCUT2D eigenvalue weighted by molar-refractivity contribution is 5.02. The molecule has 3 nitrogen and oxygen atoms in total. The zero-order valence-electron chi connectivity index (χ0n) is 13.2. The van der Waals surface area contributed by atoms with Crippen LogP contribution in [-0.2, 0) is 6.42 Å². The number of nitrogens with zero attached hydrogens (tertiary/aromatic N) is 1. The fourth-order valence-electron chi connectivity index (χ4n) is 2.96. The van der Waals surface area contributed by atoms with Gasteiger partial charge >= 0.3 is 0 Å². The van der Waals surface area contributed by atoms with E-state index in [1.54, 1.807) is 0 Å². The summed E-state index contributed by atoms with van der Waals surface area (Å²) in [5, 5.41) is 3.44. The summed E-state index contributed by atoms with van der Waals surface area (Å²) in [6.07, 6.45) is 12.3. The van der Waals surface area contributed by atoms with Crippen molar-refractivity contribution in [3.63, 3.8) is 0 Å². The van der Waals surface area contributed by atoms with E-state index < -0.39 is 0 Å². The van der Waals surface area contributed by atoms with Crippen LogP contribution in [-0.4, -0.2) is 18.1 Å². The van der Waals surface area contributed by atoms with Crippen molar-refractivity contribution in [3.8, 4) is 0 Å². The Hall–Kier alpha value is -0.830. The van der Waals surface area contributed by atoms with Gasteiger partial charge in [-0.1, -0.05) is 46.0 Å². The van der Waals surface area contributed by atoms with Crippen LogP contribution in [0.5, 0.6) is 0 Å². The predicted molar refractivity (Wildman–Crippen MR) is 83.0 cm³/mol. The second-order valence-electron chi connectivity index (χ2n) is 6.55. The van der Waals surface area contributed by atoms with Crippen LogP contribution in [0.3, 0.4) is 0 Å². The van der Waals surface area contributed by atoms with Crippen molar-refractivity contribution < 1.29 is 4.42 Å². The zero-order valence-corrected chi connectivity index (χ0v) is 13.2. The van der Waals surface area contributed by atoms with Crippen molar-refractivity contribution in [3.05, 3.63) is 17.8 Å². The minimum Gasteiger partial charge on any atom is -0.445 e. The van der Waals surface area contributed by atoms with Crippen molar-refractivity contribution in [1.29, 1.82) is 0 Å². The van der Waals surface area contributed by atoms with E-state index in [-0.39, 0.29) is 0 Å². The van der Waals surface area contributed by atoms with Crippen molar-refractivity contribution in [2.45, 2.75) is 71.1 Å². The normalized spacial score (nSPS) is 18.1. The van der Waals surface area contributed by atoms with Crippen molar-refractivity contribution in [1.82, 2.24) is 10.3 Å². The molecule has 1 aromatic rings. The van der Waals surface area contributed by atoms with Gasteiger partial charge in [0.15, 0.2) is 5.89 Å². The molecular weight excluding hydrogens is 248 g/mol. The molecule has 0 unspecified atom stereocenters. The third kappa shape index (κ3) is 5.28. The van der Waals surface area contributed by atoms with E-state index in [2.05, 4.69) is 24.1 Å². The summed E-state index contributed by atoms with van der Waals surface area (Å²) < 4.78 is 5.98. The smallest absolute Gasteiger partial charge is 0.195 e. The Bertz CT molecular complexity index is 365. The molecule has 3 heteroatoms. The molecule has 1 aromatic heterocycles. The number of oxazole rings is 1. The van der Waals surface area contributed by atoms with Crippen LogP contribution in [0.15, 0.2) is 10.6 Å². The Balaban J connectivity index is 1.78. The summed E-state index contributed by atoms with van der Waals surface area (Å²) in [6.45, 7) is 6.48. The average molecular weight is 278 g/mol. The highest BCUT2D eigenvalue weighted by Gasteiger charge is 2.17. The van der Waals surface area contributed by atoms with Gasteiger partial charge in [0.25, 0.3) is 0 Å². The molecule has 1 heterocycles. The molecule has 0 radical (unpaired) electrons. The van der Waals surface area contributed by atoms with Gasteiger partial charge in [-0.2, -0.15) is 0 Å². The van der Waals surface area contributed by atoms with Crippen molar-refractivity contribution in [2.24, 2.45) is 5.92 Å². The first-order valence-corrected chi connectivity index (χ1v) is 8.41. The molecule has 0 aromatic carbocycles. The van der Waals surface area contributed by atoms with Crippen LogP contribution in [0.25, 0.3) is 0 Å². The molecule has 0 spiro atoms. The molecule has 0 aliphatic heterocycles. The number of nitrogens with one attached hydrogen (secondary N) is 1. The molecule has 20 heavy (non-hydrogen) atoms. The van der Waals surface area contributed by atoms with E-state index in [1.165, 1.54) is 44.9 Å². The lowest BCUT2D eigenvalue weighted by molar-refractivity contribution is 0.369. The van der Waals surface area contributed by atoms with Gasteiger partial charge in [0.1, 0.15) is 5.76 Å². The van der Waals surface area contributed by atoms with Crippen LogP contribution in [0.2, 0.25) is 0 Å². The molecule has 114 valence electrons. The molecule has 1 aliphatic carbocycles. The third-order valence-electron chi connectivity index (χ3n) is 4.15. The maximum atomic E-state index is 5.98. The maximum Gasteiger partial charge on any atom is 0.195 e. The molecule has 1 fully saturated rings. The van der Waals surface area contributed by atoms with Gasteiger partial charge in [-0.15, -0.1) is 0 Å². The number of aromatic nitrogens is 1. The largest absolute Gasteiger partial charge is 0.445 e. The standard InChI is InChI=1S/C17H30N2O/c1-14(2)12-18-11-10-17-19-13-16(20-17)15-8-6-4-3-5-7-9-15/h13-15,18H,3-12H2,1-2H3. The monoisotopic (exact) mass is 278 g/mol. The Morgan fingerprint density at radius 1 is 1.20 bits per heavy atom. The van der Waals surface area contributed by atoms with Gasteiger partial charge in [-0.25, -0.2) is 4.98 Å². The van der Waals surface area contributed by atoms with Crippen LogP contribution >= 0.6 is 0 Å². The lowest BCUT2D eigenvalue weighted by Crippen LogP contribution is -2.22. The van der Waals surface area contributed by atoms with E-state index in [0.29, 0.717) is 11.8 Å². The first kappa shape index (κ1) is 15.6. The lowest BCUT2D eigenvalue weighted by atomic mass is 9.90. The maximum absolute atomic E-state index is 5.98. The van der Waals surface area contributed by atoms with Gasteiger partial charge in [-0.3, -0.25) is 0 Å². The molecule has 0 atom stereocenters. The summed E-state index contributed by atoms with van der Waals surface area (Å²) in [5.41, 5.74) is 0. The summed E-state index contributed by atoms with van der Waals surface area (Å²) >= 11 is 0. The quantitative estimate of drug-likeness (QED) is 0.789. The predicted octanol–water partition coefficient (Wildman–Crippen LogP) is 4.29. The second kappa shape index (κ2) is 8.46. The van der Waals surface area contributed by atoms with E-state index in [9.17, 15) is 0 Å². The van der Waals surface area contributed by atoms with Gasteiger partial charge in [0.2, 0.25) is 0 Å². The van der Waals surface area contributed by atoms with Gasteiger partial charge < -0.3 is 9.73 Å². The summed E-state index contributed by atoms with van der Waals surface area (Å²) in [4.78, 5) is 4.46. The highest BCUT2D eigenvalue weighted by Crippen LogP contribution is 2.31.